The van der Waals surface area contributed by atoms with Crippen LogP contribution in [-0.4, -0.2) is 21.3 Å². The third kappa shape index (κ3) is 2.52. The zero-order valence-corrected chi connectivity index (χ0v) is 13.0. The minimum Gasteiger partial charge on any atom is -0.399 e. The van der Waals surface area contributed by atoms with Gasteiger partial charge >= 0.3 is 0 Å². The molecule has 2 aromatic rings. The molecular formula is C16H25N3O. The lowest BCUT2D eigenvalue weighted by Crippen LogP contribution is -2.26. The summed E-state index contributed by atoms with van der Waals surface area (Å²) in [5, 5.41) is 9.80. The van der Waals surface area contributed by atoms with Gasteiger partial charge in [-0.05, 0) is 24.1 Å². The molecule has 0 radical (unpaired) electrons. The monoisotopic (exact) mass is 275 g/mol. The molecule has 1 heterocycles. The summed E-state index contributed by atoms with van der Waals surface area (Å²) in [6.07, 6.45) is 0. The number of nitrogen functional groups attached to an aromatic ring is 1. The molecule has 1 aromatic heterocycles. The van der Waals surface area contributed by atoms with Crippen molar-refractivity contribution >= 4 is 16.7 Å². The Morgan fingerprint density at radius 2 is 1.95 bits per heavy atom. The number of benzene rings is 1. The predicted octanol–water partition coefficient (Wildman–Crippen LogP) is 3.11. The third-order valence-electron chi connectivity index (χ3n) is 3.67. The van der Waals surface area contributed by atoms with Gasteiger partial charge in [-0.3, -0.25) is 0 Å². The molecule has 4 heteroatoms. The summed E-state index contributed by atoms with van der Waals surface area (Å²) in [7, 11) is 0. The Balaban J connectivity index is 2.77. The first-order valence-corrected chi connectivity index (χ1v) is 7.14. The molecule has 3 N–H and O–H groups in total. The van der Waals surface area contributed by atoms with Gasteiger partial charge in [0.1, 0.15) is 5.82 Å². The molecule has 0 fully saturated rings. The van der Waals surface area contributed by atoms with Crippen LogP contribution >= 0.6 is 0 Å². The van der Waals surface area contributed by atoms with Gasteiger partial charge in [-0.1, -0.05) is 34.6 Å². The van der Waals surface area contributed by atoms with Crippen LogP contribution in [0.25, 0.3) is 11.0 Å². The van der Waals surface area contributed by atoms with Crippen LogP contribution in [0.3, 0.4) is 0 Å². The highest BCUT2D eigenvalue weighted by Gasteiger charge is 2.28. The third-order valence-corrected chi connectivity index (χ3v) is 3.67. The number of aromatic nitrogens is 2. The fourth-order valence-electron chi connectivity index (χ4n) is 2.57. The molecule has 1 unspecified atom stereocenters. The molecule has 0 amide bonds. The standard InChI is InChI=1S/C16H25N3O/c1-10(2)14(9-20)19-13-7-6-11(17)8-12(13)18-15(19)16(3,4)5/h6-8,10,14,20H,9,17H2,1-5H3. The van der Waals surface area contributed by atoms with Crippen molar-refractivity contribution in [2.24, 2.45) is 5.92 Å². The highest BCUT2D eigenvalue weighted by atomic mass is 16.3. The van der Waals surface area contributed by atoms with Crippen molar-refractivity contribution in [1.82, 2.24) is 9.55 Å². The van der Waals surface area contributed by atoms with Crippen LogP contribution in [0.4, 0.5) is 5.69 Å². The van der Waals surface area contributed by atoms with Crippen LogP contribution in [0.15, 0.2) is 18.2 Å². The Hall–Kier alpha value is -1.55. The van der Waals surface area contributed by atoms with Crippen molar-refractivity contribution < 1.29 is 5.11 Å². The Labute approximate surface area is 120 Å². The molecule has 0 bridgehead atoms. The second-order valence-electron chi connectivity index (χ2n) is 6.80. The number of aliphatic hydroxyl groups is 1. The van der Waals surface area contributed by atoms with Crippen LogP contribution in [-0.2, 0) is 5.41 Å². The van der Waals surface area contributed by atoms with Gasteiger partial charge in [0, 0.05) is 11.1 Å². The zero-order valence-electron chi connectivity index (χ0n) is 13.0. The molecule has 4 nitrogen and oxygen atoms in total. The van der Waals surface area contributed by atoms with Crippen LogP contribution in [0.5, 0.6) is 0 Å². The minimum absolute atomic E-state index is 0.0258. The number of rotatable bonds is 3. The van der Waals surface area contributed by atoms with Crippen LogP contribution < -0.4 is 5.73 Å². The second-order valence-corrected chi connectivity index (χ2v) is 6.80. The van der Waals surface area contributed by atoms with E-state index in [1.807, 2.05) is 18.2 Å². The normalized spacial score (nSPS) is 14.2. The predicted molar refractivity (Wildman–Crippen MR) is 83.8 cm³/mol. The molecule has 0 aliphatic rings. The van der Waals surface area contributed by atoms with Crippen molar-refractivity contribution in [2.75, 3.05) is 12.3 Å². The Morgan fingerprint density at radius 1 is 1.30 bits per heavy atom. The second kappa shape index (κ2) is 5.09. The number of hydrogen-bond donors (Lipinski definition) is 2. The number of nitrogens with zero attached hydrogens (tertiary/aromatic N) is 2. The lowest BCUT2D eigenvalue weighted by molar-refractivity contribution is 0.190. The summed E-state index contributed by atoms with van der Waals surface area (Å²) in [6, 6.07) is 5.81. The van der Waals surface area contributed by atoms with Gasteiger partial charge in [-0.15, -0.1) is 0 Å². The van der Waals surface area contributed by atoms with Crippen molar-refractivity contribution in [2.45, 2.75) is 46.1 Å². The Morgan fingerprint density at radius 3 is 2.45 bits per heavy atom. The first kappa shape index (κ1) is 14.9. The van der Waals surface area contributed by atoms with E-state index in [4.69, 9.17) is 10.7 Å². The summed E-state index contributed by atoms with van der Waals surface area (Å²) in [4.78, 5) is 4.77. The summed E-state index contributed by atoms with van der Waals surface area (Å²) in [5.74, 6) is 1.32. The number of nitrogens with two attached hydrogens (primary N) is 1. The van der Waals surface area contributed by atoms with E-state index < -0.39 is 0 Å². The van der Waals surface area contributed by atoms with Gasteiger partial charge < -0.3 is 15.4 Å². The SMILES string of the molecule is CC(C)C(CO)n1c(C(C)(C)C)nc2cc(N)ccc21. The number of imidazole rings is 1. The maximum absolute atomic E-state index is 9.80. The lowest BCUT2D eigenvalue weighted by atomic mass is 9.94. The van der Waals surface area contributed by atoms with Crippen molar-refractivity contribution in [3.63, 3.8) is 0 Å². The van der Waals surface area contributed by atoms with Crippen LogP contribution in [0, 0.1) is 5.92 Å². The van der Waals surface area contributed by atoms with Crippen molar-refractivity contribution in [3.05, 3.63) is 24.0 Å². The average molecular weight is 275 g/mol. The molecule has 0 aliphatic carbocycles. The van der Waals surface area contributed by atoms with E-state index in [1.54, 1.807) is 0 Å². The number of anilines is 1. The van der Waals surface area contributed by atoms with E-state index in [-0.39, 0.29) is 18.1 Å². The quantitative estimate of drug-likeness (QED) is 0.846. The zero-order chi connectivity index (χ0) is 15.1. The van der Waals surface area contributed by atoms with Gasteiger partial charge in [0.2, 0.25) is 0 Å². The fraction of sp³-hybridized carbons (Fsp3) is 0.562. The summed E-state index contributed by atoms with van der Waals surface area (Å²) < 4.78 is 2.18. The molecular weight excluding hydrogens is 250 g/mol. The molecule has 1 atom stereocenters. The minimum atomic E-state index is -0.0872. The van der Waals surface area contributed by atoms with E-state index in [2.05, 4.69) is 39.2 Å². The van der Waals surface area contributed by atoms with Gasteiger partial charge in [-0.25, -0.2) is 4.98 Å². The highest BCUT2D eigenvalue weighted by molar-refractivity contribution is 5.80. The number of fused-ring (bicyclic) bond motifs is 1. The van der Waals surface area contributed by atoms with E-state index in [0.29, 0.717) is 11.6 Å². The first-order valence-electron chi connectivity index (χ1n) is 7.14. The fourth-order valence-corrected chi connectivity index (χ4v) is 2.57. The van der Waals surface area contributed by atoms with E-state index in [9.17, 15) is 5.11 Å². The maximum Gasteiger partial charge on any atom is 0.115 e. The summed E-state index contributed by atoms with van der Waals surface area (Å²) in [6.45, 7) is 10.8. The lowest BCUT2D eigenvalue weighted by Gasteiger charge is -2.28. The van der Waals surface area contributed by atoms with E-state index >= 15 is 0 Å². The van der Waals surface area contributed by atoms with Gasteiger partial charge in [0.25, 0.3) is 0 Å². The molecule has 1 aromatic carbocycles. The van der Waals surface area contributed by atoms with Crippen molar-refractivity contribution in [3.8, 4) is 0 Å². The highest BCUT2D eigenvalue weighted by Crippen LogP contribution is 2.32. The molecule has 0 aliphatic heterocycles. The molecule has 0 saturated carbocycles. The van der Waals surface area contributed by atoms with Crippen LogP contribution in [0.1, 0.15) is 46.5 Å². The molecule has 110 valence electrons. The van der Waals surface area contributed by atoms with E-state index in [0.717, 1.165) is 16.9 Å². The van der Waals surface area contributed by atoms with Crippen molar-refractivity contribution in [1.29, 1.82) is 0 Å². The molecule has 20 heavy (non-hydrogen) atoms. The van der Waals surface area contributed by atoms with Crippen LogP contribution in [0.2, 0.25) is 0 Å². The topological polar surface area (TPSA) is 64.1 Å². The largest absolute Gasteiger partial charge is 0.399 e. The molecule has 0 spiro atoms. The number of hydrogen-bond acceptors (Lipinski definition) is 3. The summed E-state index contributed by atoms with van der Waals surface area (Å²) in [5.41, 5.74) is 8.43. The Kier molecular flexibility index (Phi) is 3.78. The van der Waals surface area contributed by atoms with E-state index in [1.165, 1.54) is 0 Å². The smallest absolute Gasteiger partial charge is 0.115 e. The van der Waals surface area contributed by atoms with Gasteiger partial charge in [-0.2, -0.15) is 0 Å². The van der Waals surface area contributed by atoms with Gasteiger partial charge in [0.05, 0.1) is 23.7 Å². The summed E-state index contributed by atoms with van der Waals surface area (Å²) >= 11 is 0. The van der Waals surface area contributed by atoms with Gasteiger partial charge in [0.15, 0.2) is 0 Å². The average Bonchev–Trinajstić information content (AvgIpc) is 2.68. The number of aliphatic hydroxyl groups excluding tert-OH is 1. The molecule has 0 saturated heterocycles. The first-order chi connectivity index (χ1) is 9.25. The Bertz CT molecular complexity index is 608. The molecule has 2 rings (SSSR count). The maximum atomic E-state index is 9.80.